The third-order valence-corrected chi connectivity index (χ3v) is 6.83. The number of allylic oxidation sites excluding steroid dienone is 4. The Labute approximate surface area is 176 Å². The molecule has 2 atom stereocenters. The molecule has 0 saturated heterocycles. The average molecular weight is 399 g/mol. The van der Waals surface area contributed by atoms with Crippen LogP contribution in [0.3, 0.4) is 0 Å². The zero-order chi connectivity index (χ0) is 20.1. The first kappa shape index (κ1) is 17.8. The molecule has 5 heteroatoms. The fraction of sp³-hybridized carbons (Fsp3) is 0.360. The predicted molar refractivity (Wildman–Crippen MR) is 119 cm³/mol. The fourth-order valence-electron chi connectivity index (χ4n) is 5.08. The summed E-state index contributed by atoms with van der Waals surface area (Å²) >= 11 is 0. The number of nitrogens with zero attached hydrogens (tertiary/aromatic N) is 3. The smallest absolute Gasteiger partial charge is 0.146 e. The molecule has 3 aliphatic rings. The SMILES string of the molecule is Nc1ncnc2c1c(-c1ccc(OC3=CC=CC4CC34)cc1)cn2C1CCCCC1. The minimum atomic E-state index is 0.490. The summed E-state index contributed by atoms with van der Waals surface area (Å²) in [7, 11) is 0. The van der Waals surface area contributed by atoms with Gasteiger partial charge in [-0.15, -0.1) is 0 Å². The maximum absolute atomic E-state index is 6.31. The molecule has 1 aromatic carbocycles. The topological polar surface area (TPSA) is 66.0 Å². The molecule has 0 bridgehead atoms. The first-order chi connectivity index (χ1) is 14.8. The lowest BCUT2D eigenvalue weighted by molar-refractivity contribution is 0.360. The summed E-state index contributed by atoms with van der Waals surface area (Å²) in [4.78, 5) is 8.88. The lowest BCUT2D eigenvalue weighted by Crippen LogP contribution is -2.12. The Balaban J connectivity index is 1.35. The van der Waals surface area contributed by atoms with E-state index in [1.165, 1.54) is 38.5 Å². The number of fused-ring (bicyclic) bond motifs is 2. The molecule has 3 aliphatic carbocycles. The zero-order valence-corrected chi connectivity index (χ0v) is 17.0. The Kier molecular flexibility index (Phi) is 4.15. The number of aromatic nitrogens is 3. The first-order valence-corrected chi connectivity index (χ1v) is 11.1. The molecule has 2 fully saturated rings. The van der Waals surface area contributed by atoms with E-state index in [9.17, 15) is 0 Å². The highest BCUT2D eigenvalue weighted by Crippen LogP contribution is 2.48. The van der Waals surface area contributed by atoms with E-state index in [1.54, 1.807) is 6.33 Å². The molecule has 5 nitrogen and oxygen atoms in total. The summed E-state index contributed by atoms with van der Waals surface area (Å²) in [6.07, 6.45) is 17.8. The van der Waals surface area contributed by atoms with E-state index in [0.717, 1.165) is 33.7 Å². The van der Waals surface area contributed by atoms with E-state index in [2.05, 4.69) is 63.2 Å². The van der Waals surface area contributed by atoms with Crippen molar-refractivity contribution in [2.45, 2.75) is 44.6 Å². The summed E-state index contributed by atoms with van der Waals surface area (Å²) < 4.78 is 8.50. The van der Waals surface area contributed by atoms with E-state index >= 15 is 0 Å². The number of anilines is 1. The van der Waals surface area contributed by atoms with Crippen molar-refractivity contribution < 1.29 is 4.74 Å². The van der Waals surface area contributed by atoms with Crippen LogP contribution in [-0.4, -0.2) is 14.5 Å². The Morgan fingerprint density at radius 3 is 2.70 bits per heavy atom. The van der Waals surface area contributed by atoms with E-state index in [-0.39, 0.29) is 0 Å². The summed E-state index contributed by atoms with van der Waals surface area (Å²) in [5.41, 5.74) is 9.47. The van der Waals surface area contributed by atoms with Crippen LogP contribution in [0.1, 0.15) is 44.6 Å². The normalized spacial score (nSPS) is 23.3. The van der Waals surface area contributed by atoms with Gasteiger partial charge >= 0.3 is 0 Å². The molecule has 0 radical (unpaired) electrons. The molecule has 2 heterocycles. The van der Waals surface area contributed by atoms with Gasteiger partial charge in [0.15, 0.2) is 0 Å². The molecule has 0 spiro atoms. The van der Waals surface area contributed by atoms with Gasteiger partial charge in [0.2, 0.25) is 0 Å². The minimum Gasteiger partial charge on any atom is -0.461 e. The fourth-order valence-corrected chi connectivity index (χ4v) is 5.08. The number of nitrogen functional groups attached to an aromatic ring is 1. The number of rotatable bonds is 4. The van der Waals surface area contributed by atoms with Crippen molar-refractivity contribution in [2.75, 3.05) is 5.73 Å². The van der Waals surface area contributed by atoms with Gasteiger partial charge in [-0.1, -0.05) is 43.5 Å². The van der Waals surface area contributed by atoms with Gasteiger partial charge in [0.25, 0.3) is 0 Å². The number of ether oxygens (including phenoxy) is 1. The first-order valence-electron chi connectivity index (χ1n) is 11.1. The molecule has 2 saturated carbocycles. The number of hydrogen-bond donors (Lipinski definition) is 1. The highest BCUT2D eigenvalue weighted by Gasteiger charge is 2.40. The summed E-state index contributed by atoms with van der Waals surface area (Å²) in [6, 6.07) is 8.83. The zero-order valence-electron chi connectivity index (χ0n) is 17.0. The van der Waals surface area contributed by atoms with Gasteiger partial charge < -0.3 is 15.0 Å². The molecule has 2 aromatic heterocycles. The van der Waals surface area contributed by atoms with Gasteiger partial charge in [0, 0.05) is 23.7 Å². The average Bonchev–Trinajstić information content (AvgIpc) is 3.48. The van der Waals surface area contributed by atoms with Crippen molar-refractivity contribution in [1.82, 2.24) is 14.5 Å². The van der Waals surface area contributed by atoms with E-state index in [0.29, 0.717) is 23.7 Å². The molecule has 2 N–H and O–H groups in total. The van der Waals surface area contributed by atoms with Crippen molar-refractivity contribution in [3.8, 4) is 16.9 Å². The molecule has 0 amide bonds. The summed E-state index contributed by atoms with van der Waals surface area (Å²) in [5, 5.41) is 0.956. The lowest BCUT2D eigenvalue weighted by Gasteiger charge is -2.23. The van der Waals surface area contributed by atoms with Crippen LogP contribution in [0.2, 0.25) is 0 Å². The van der Waals surface area contributed by atoms with Crippen molar-refractivity contribution >= 4 is 16.9 Å². The molecule has 3 aromatic rings. The van der Waals surface area contributed by atoms with Crippen molar-refractivity contribution in [2.24, 2.45) is 11.8 Å². The van der Waals surface area contributed by atoms with Gasteiger partial charge in [0.05, 0.1) is 5.39 Å². The summed E-state index contributed by atoms with van der Waals surface area (Å²) in [5.74, 6) is 3.76. The summed E-state index contributed by atoms with van der Waals surface area (Å²) in [6.45, 7) is 0. The van der Waals surface area contributed by atoms with Crippen molar-refractivity contribution in [1.29, 1.82) is 0 Å². The third kappa shape index (κ3) is 3.00. The second-order valence-electron chi connectivity index (χ2n) is 8.79. The van der Waals surface area contributed by atoms with E-state index in [1.807, 2.05) is 0 Å². The monoisotopic (exact) mass is 398 g/mol. The quantitative estimate of drug-likeness (QED) is 0.616. The highest BCUT2D eigenvalue weighted by atomic mass is 16.5. The Bertz CT molecular complexity index is 1150. The van der Waals surface area contributed by atoms with Crippen LogP contribution in [0, 0.1) is 11.8 Å². The molecule has 0 aliphatic heterocycles. The van der Waals surface area contributed by atoms with Crippen LogP contribution >= 0.6 is 0 Å². The van der Waals surface area contributed by atoms with Gasteiger partial charge in [-0.05, 0) is 49.0 Å². The molecular formula is C25H26N4O. The largest absolute Gasteiger partial charge is 0.461 e. The van der Waals surface area contributed by atoms with Crippen molar-refractivity contribution in [3.05, 3.63) is 60.8 Å². The van der Waals surface area contributed by atoms with E-state index < -0.39 is 0 Å². The van der Waals surface area contributed by atoms with Crippen LogP contribution in [0.25, 0.3) is 22.2 Å². The molecule has 30 heavy (non-hydrogen) atoms. The number of hydrogen-bond acceptors (Lipinski definition) is 4. The van der Waals surface area contributed by atoms with Gasteiger partial charge in [0.1, 0.15) is 29.3 Å². The third-order valence-electron chi connectivity index (χ3n) is 6.83. The van der Waals surface area contributed by atoms with Crippen molar-refractivity contribution in [3.63, 3.8) is 0 Å². The molecular weight excluding hydrogens is 372 g/mol. The predicted octanol–water partition coefficient (Wildman–Crippen LogP) is 5.65. The van der Waals surface area contributed by atoms with Gasteiger partial charge in [-0.3, -0.25) is 0 Å². The Morgan fingerprint density at radius 2 is 1.87 bits per heavy atom. The van der Waals surface area contributed by atoms with Gasteiger partial charge in [-0.2, -0.15) is 0 Å². The maximum Gasteiger partial charge on any atom is 0.146 e. The Hall–Kier alpha value is -3.08. The minimum absolute atomic E-state index is 0.490. The van der Waals surface area contributed by atoms with Crippen LogP contribution in [-0.2, 0) is 0 Å². The maximum atomic E-state index is 6.31. The van der Waals surface area contributed by atoms with Crippen LogP contribution in [0.4, 0.5) is 5.82 Å². The van der Waals surface area contributed by atoms with Gasteiger partial charge in [-0.25, -0.2) is 9.97 Å². The molecule has 6 rings (SSSR count). The Morgan fingerprint density at radius 1 is 1.03 bits per heavy atom. The molecule has 2 unspecified atom stereocenters. The van der Waals surface area contributed by atoms with E-state index in [4.69, 9.17) is 10.5 Å². The molecule has 152 valence electrons. The van der Waals surface area contributed by atoms with Crippen LogP contribution < -0.4 is 10.5 Å². The lowest BCUT2D eigenvalue weighted by atomic mass is 9.95. The second-order valence-corrected chi connectivity index (χ2v) is 8.79. The second kappa shape index (κ2) is 7.01. The standard InChI is InChI=1S/C25H26N4O/c26-24-23-21(14-29(25(23)28-15-27-24)18-6-2-1-3-7-18)16-9-11-19(12-10-16)30-22-8-4-5-17-13-20(17)22/h4-5,8-12,14-15,17-18,20H,1-3,6-7,13H2,(H2,26,27,28). The van der Waals surface area contributed by atoms with Crippen LogP contribution in [0.5, 0.6) is 5.75 Å². The number of benzene rings is 1. The number of nitrogens with two attached hydrogens (primary N) is 1. The van der Waals surface area contributed by atoms with Crippen LogP contribution in [0.15, 0.2) is 60.8 Å². The highest BCUT2D eigenvalue weighted by molar-refractivity contribution is 6.00.